The van der Waals surface area contributed by atoms with Crippen LogP contribution in [0.15, 0.2) is 30.3 Å². The molecule has 0 bridgehead atoms. The van der Waals surface area contributed by atoms with E-state index >= 15 is 0 Å². The van der Waals surface area contributed by atoms with Gasteiger partial charge in [0, 0.05) is 10.1 Å². The number of alkyl halides is 3. The van der Waals surface area contributed by atoms with Crippen LogP contribution in [0.5, 0.6) is 5.75 Å². The summed E-state index contributed by atoms with van der Waals surface area (Å²) in [5.74, 6) is -0.895. The normalized spacial score (nSPS) is 11.6. The van der Waals surface area contributed by atoms with Crippen molar-refractivity contribution in [2.75, 3.05) is 0 Å². The van der Waals surface area contributed by atoms with E-state index in [0.717, 1.165) is 12.1 Å². The first-order valence-electron chi connectivity index (χ1n) is 4.85. The highest BCUT2D eigenvalue weighted by molar-refractivity contribution is 5.92. The van der Waals surface area contributed by atoms with Crippen LogP contribution in [-0.2, 0) is 6.18 Å². The van der Waals surface area contributed by atoms with Crippen LogP contribution >= 0.6 is 0 Å². The Balaban J connectivity index is 2.82. The molecule has 0 fully saturated rings. The molecule has 0 aliphatic rings. The Morgan fingerprint density at radius 1 is 1.11 bits per heavy atom. The predicted octanol–water partition coefficient (Wildman–Crippen LogP) is 3.93. The molecule has 0 atom stereocenters. The Kier molecular flexibility index (Phi) is 2.94. The Hall–Kier alpha value is -2.11. The van der Waals surface area contributed by atoms with Crippen molar-refractivity contribution in [1.29, 1.82) is 0 Å². The summed E-state index contributed by atoms with van der Waals surface area (Å²) in [7, 11) is 0. The maximum absolute atomic E-state index is 12.8. The molecule has 0 heterocycles. The summed E-state index contributed by atoms with van der Waals surface area (Å²) in [6.07, 6.45) is -4.23. The highest BCUT2D eigenvalue weighted by atomic mass is 19.4. The third-order valence-electron chi connectivity index (χ3n) is 2.51. The van der Waals surface area contributed by atoms with Crippen molar-refractivity contribution < 1.29 is 27.4 Å². The largest absolute Gasteiger partial charge is 0.420 e. The molecule has 94 valence electrons. The Morgan fingerprint density at radius 3 is 2.39 bits per heavy atom. The van der Waals surface area contributed by atoms with Crippen LogP contribution in [0.3, 0.4) is 0 Å². The summed E-state index contributed by atoms with van der Waals surface area (Å²) in [5, 5.41) is -0.0315. The first-order chi connectivity index (χ1) is 8.47. The summed E-state index contributed by atoms with van der Waals surface area (Å²) < 4.78 is 50.6. The van der Waals surface area contributed by atoms with Crippen molar-refractivity contribution in [3.05, 3.63) is 41.5 Å². The van der Waals surface area contributed by atoms with E-state index in [1.54, 1.807) is 0 Å². The quantitative estimate of drug-likeness (QED) is 0.602. The molecule has 18 heavy (non-hydrogen) atoms. The minimum absolute atomic E-state index is 0.188. The number of rotatable bonds is 2. The van der Waals surface area contributed by atoms with E-state index in [2.05, 4.69) is 4.94 Å². The topological polar surface area (TPSA) is 26.3 Å². The standard InChI is InChI=1S/C12H6F4O2/c13-12(14,15)11-9-3-1-7(6-17)5-8(9)2-4-10(11)18-16/h1-6H. The molecule has 2 nitrogen and oxygen atoms in total. The second kappa shape index (κ2) is 4.29. The summed E-state index contributed by atoms with van der Waals surface area (Å²) in [5.41, 5.74) is -0.954. The molecule has 6 heteroatoms. The van der Waals surface area contributed by atoms with Gasteiger partial charge in [0.2, 0.25) is 0 Å². The third kappa shape index (κ3) is 2.01. The highest BCUT2D eigenvalue weighted by Crippen LogP contribution is 2.41. The van der Waals surface area contributed by atoms with Gasteiger partial charge in [-0.1, -0.05) is 18.2 Å². The van der Waals surface area contributed by atoms with Gasteiger partial charge in [-0.05, 0) is 22.9 Å². The third-order valence-corrected chi connectivity index (χ3v) is 2.51. The van der Waals surface area contributed by atoms with Crippen LogP contribution in [0.4, 0.5) is 17.7 Å². The fourth-order valence-corrected chi connectivity index (χ4v) is 1.76. The molecular formula is C12H6F4O2. The average Bonchev–Trinajstić information content (AvgIpc) is 2.35. The lowest BCUT2D eigenvalue weighted by Crippen LogP contribution is -2.07. The first kappa shape index (κ1) is 12.3. The van der Waals surface area contributed by atoms with Gasteiger partial charge in [0.15, 0.2) is 5.75 Å². The van der Waals surface area contributed by atoms with E-state index in [0.29, 0.717) is 6.29 Å². The average molecular weight is 258 g/mol. The molecule has 0 radical (unpaired) electrons. The lowest BCUT2D eigenvalue weighted by Gasteiger charge is -2.12. The zero-order chi connectivity index (χ0) is 13.3. The molecule has 2 aromatic rings. The van der Waals surface area contributed by atoms with Gasteiger partial charge in [-0.25, -0.2) is 0 Å². The molecule has 0 unspecified atom stereocenters. The smallest absolute Gasteiger partial charge is 0.298 e. The number of fused-ring (bicyclic) bond motifs is 1. The Bertz CT molecular complexity index is 605. The van der Waals surface area contributed by atoms with Gasteiger partial charge in [-0.3, -0.25) is 9.74 Å². The fourth-order valence-electron chi connectivity index (χ4n) is 1.76. The minimum Gasteiger partial charge on any atom is -0.298 e. The van der Waals surface area contributed by atoms with Crippen molar-refractivity contribution in [3.63, 3.8) is 0 Å². The van der Waals surface area contributed by atoms with E-state index in [9.17, 15) is 22.5 Å². The molecule has 0 N–H and O–H groups in total. The second-order valence-corrected chi connectivity index (χ2v) is 3.61. The monoisotopic (exact) mass is 258 g/mol. The van der Waals surface area contributed by atoms with Gasteiger partial charge in [0.1, 0.15) is 11.8 Å². The lowest BCUT2D eigenvalue weighted by atomic mass is 10.0. The van der Waals surface area contributed by atoms with Crippen molar-refractivity contribution >= 4 is 17.1 Å². The van der Waals surface area contributed by atoms with Crippen LogP contribution in [0, 0.1) is 0 Å². The Morgan fingerprint density at radius 2 is 1.83 bits per heavy atom. The molecule has 0 aromatic heterocycles. The zero-order valence-corrected chi connectivity index (χ0v) is 8.79. The van der Waals surface area contributed by atoms with Crippen LogP contribution in [0.25, 0.3) is 10.8 Å². The van der Waals surface area contributed by atoms with Gasteiger partial charge in [-0.2, -0.15) is 13.2 Å². The molecular weight excluding hydrogens is 252 g/mol. The molecule has 0 saturated carbocycles. The number of aldehydes is 1. The van der Waals surface area contributed by atoms with E-state index in [1.165, 1.54) is 18.2 Å². The highest BCUT2D eigenvalue weighted by Gasteiger charge is 2.37. The van der Waals surface area contributed by atoms with Gasteiger partial charge in [-0.15, -0.1) is 0 Å². The first-order valence-corrected chi connectivity index (χ1v) is 4.85. The summed E-state index contributed by atoms with van der Waals surface area (Å²) in [6, 6.07) is 5.77. The summed E-state index contributed by atoms with van der Waals surface area (Å²) in [6.45, 7) is 0. The van der Waals surface area contributed by atoms with Crippen molar-refractivity contribution in [3.8, 4) is 5.75 Å². The predicted molar refractivity (Wildman–Crippen MR) is 56.1 cm³/mol. The van der Waals surface area contributed by atoms with Crippen LogP contribution in [0.1, 0.15) is 15.9 Å². The number of carbonyl (C=O) groups is 1. The van der Waals surface area contributed by atoms with E-state index < -0.39 is 17.5 Å². The van der Waals surface area contributed by atoms with Crippen molar-refractivity contribution in [2.45, 2.75) is 6.18 Å². The maximum atomic E-state index is 12.8. The van der Waals surface area contributed by atoms with E-state index in [4.69, 9.17) is 0 Å². The molecule has 0 aliphatic carbocycles. The minimum atomic E-state index is -4.75. The molecule has 0 amide bonds. The second-order valence-electron chi connectivity index (χ2n) is 3.61. The molecule has 0 aliphatic heterocycles. The van der Waals surface area contributed by atoms with Crippen molar-refractivity contribution in [2.24, 2.45) is 0 Å². The van der Waals surface area contributed by atoms with Gasteiger partial charge in [0.05, 0.1) is 0 Å². The molecule has 2 rings (SSSR count). The van der Waals surface area contributed by atoms with Crippen LogP contribution in [-0.4, -0.2) is 6.29 Å². The van der Waals surface area contributed by atoms with E-state index in [1.807, 2.05) is 0 Å². The number of hydrogen-bond donors (Lipinski definition) is 0. The SMILES string of the molecule is O=Cc1ccc2c(C(F)(F)F)c(OF)ccc2c1. The molecule has 2 aromatic carbocycles. The summed E-state index contributed by atoms with van der Waals surface area (Å²) >= 11 is 0. The van der Waals surface area contributed by atoms with Gasteiger partial charge in [0.25, 0.3) is 0 Å². The lowest BCUT2D eigenvalue weighted by molar-refractivity contribution is -0.141. The van der Waals surface area contributed by atoms with Gasteiger partial charge >= 0.3 is 6.18 Å². The fraction of sp³-hybridized carbons (Fsp3) is 0.0833. The number of hydrogen-bond acceptors (Lipinski definition) is 2. The van der Waals surface area contributed by atoms with Crippen molar-refractivity contribution in [1.82, 2.24) is 0 Å². The number of halogens is 4. The number of carbonyl (C=O) groups excluding carboxylic acids is 1. The van der Waals surface area contributed by atoms with Crippen LogP contribution < -0.4 is 4.94 Å². The van der Waals surface area contributed by atoms with E-state index in [-0.39, 0.29) is 16.3 Å². The van der Waals surface area contributed by atoms with Crippen LogP contribution in [0.2, 0.25) is 0 Å². The number of benzene rings is 2. The summed E-state index contributed by atoms with van der Waals surface area (Å²) in [4.78, 5) is 13.8. The molecule has 0 spiro atoms. The molecule has 0 saturated heterocycles. The Labute approximate surface area is 98.7 Å². The van der Waals surface area contributed by atoms with Gasteiger partial charge < -0.3 is 0 Å². The zero-order valence-electron chi connectivity index (χ0n) is 8.79. The maximum Gasteiger partial charge on any atom is 0.420 e.